The quantitative estimate of drug-likeness (QED) is 0.612. The molecule has 2 aromatic heterocycles. The van der Waals surface area contributed by atoms with Gasteiger partial charge in [-0.2, -0.15) is 14.9 Å². The Labute approximate surface area is 143 Å². The van der Waals surface area contributed by atoms with Gasteiger partial charge in [-0.3, -0.25) is 4.79 Å². The van der Waals surface area contributed by atoms with Crippen molar-refractivity contribution in [2.45, 2.75) is 6.92 Å². The van der Waals surface area contributed by atoms with Crippen LogP contribution in [0.1, 0.15) is 11.1 Å². The van der Waals surface area contributed by atoms with Crippen LogP contribution in [0.2, 0.25) is 0 Å². The van der Waals surface area contributed by atoms with Gasteiger partial charge >= 0.3 is 0 Å². The Balaban J connectivity index is 1.91. The first-order valence-electron chi connectivity index (χ1n) is 7.86. The van der Waals surface area contributed by atoms with Crippen LogP contribution in [-0.2, 0) is 0 Å². The van der Waals surface area contributed by atoms with E-state index in [9.17, 15) is 4.79 Å². The highest BCUT2D eigenvalue weighted by molar-refractivity contribution is 5.72. The zero-order valence-corrected chi connectivity index (χ0v) is 13.5. The maximum absolute atomic E-state index is 12.5. The van der Waals surface area contributed by atoms with Crippen molar-refractivity contribution >= 4 is 5.65 Å². The van der Waals surface area contributed by atoms with Crippen molar-refractivity contribution in [2.75, 3.05) is 0 Å². The number of rotatable bonds is 2. The van der Waals surface area contributed by atoms with E-state index in [1.54, 1.807) is 12.1 Å². The van der Waals surface area contributed by atoms with Gasteiger partial charge in [0.05, 0.1) is 23.0 Å². The van der Waals surface area contributed by atoms with Crippen LogP contribution in [0.5, 0.6) is 0 Å². The fourth-order valence-corrected chi connectivity index (χ4v) is 2.90. The van der Waals surface area contributed by atoms with Gasteiger partial charge in [-0.1, -0.05) is 42.5 Å². The number of hydrogen-bond donors (Lipinski definition) is 1. The van der Waals surface area contributed by atoms with Crippen LogP contribution < -0.4 is 5.56 Å². The molecule has 5 heteroatoms. The van der Waals surface area contributed by atoms with Gasteiger partial charge in [0.2, 0.25) is 0 Å². The number of H-pyrrole nitrogens is 1. The van der Waals surface area contributed by atoms with Crippen molar-refractivity contribution in [2.24, 2.45) is 0 Å². The molecule has 0 bridgehead atoms. The minimum atomic E-state index is -0.196. The molecule has 0 radical (unpaired) electrons. The fraction of sp³-hybridized carbons (Fsp3) is 0.0500. The van der Waals surface area contributed by atoms with Gasteiger partial charge in [-0.05, 0) is 24.6 Å². The first-order chi connectivity index (χ1) is 12.2. The van der Waals surface area contributed by atoms with Crippen LogP contribution in [0.3, 0.4) is 0 Å². The highest BCUT2D eigenvalue weighted by atomic mass is 16.1. The Kier molecular flexibility index (Phi) is 3.44. The summed E-state index contributed by atoms with van der Waals surface area (Å²) in [6, 6.07) is 20.5. The van der Waals surface area contributed by atoms with Crippen LogP contribution >= 0.6 is 0 Å². The first kappa shape index (κ1) is 14.9. The summed E-state index contributed by atoms with van der Waals surface area (Å²) < 4.78 is 1.39. The Hall–Kier alpha value is -3.65. The van der Waals surface area contributed by atoms with E-state index in [0.717, 1.165) is 22.4 Å². The molecule has 25 heavy (non-hydrogen) atoms. The lowest BCUT2D eigenvalue weighted by Gasteiger charge is -2.03. The summed E-state index contributed by atoms with van der Waals surface area (Å²) in [5.74, 6) is 0. The molecular formula is C20H14N4O. The van der Waals surface area contributed by atoms with E-state index in [1.165, 1.54) is 10.6 Å². The molecule has 0 aliphatic carbocycles. The smallest absolute Gasteiger partial charge is 0.274 e. The molecular weight excluding hydrogens is 312 g/mol. The second-order valence-electron chi connectivity index (χ2n) is 5.81. The molecule has 0 aliphatic heterocycles. The van der Waals surface area contributed by atoms with E-state index in [0.29, 0.717) is 16.9 Å². The third-order valence-corrected chi connectivity index (χ3v) is 4.22. The molecule has 2 aromatic carbocycles. The average molecular weight is 326 g/mol. The summed E-state index contributed by atoms with van der Waals surface area (Å²) >= 11 is 0. The Morgan fingerprint density at radius 1 is 1.04 bits per heavy atom. The number of nitrogens with zero attached hydrogens (tertiary/aromatic N) is 3. The van der Waals surface area contributed by atoms with Gasteiger partial charge in [0.15, 0.2) is 0 Å². The van der Waals surface area contributed by atoms with Crippen molar-refractivity contribution in [1.29, 1.82) is 5.26 Å². The third kappa shape index (κ3) is 2.50. The second kappa shape index (κ2) is 5.77. The molecule has 1 N–H and O–H groups in total. The Morgan fingerprint density at radius 2 is 1.76 bits per heavy atom. The Morgan fingerprint density at radius 3 is 2.44 bits per heavy atom. The van der Waals surface area contributed by atoms with Crippen LogP contribution in [0.25, 0.3) is 28.2 Å². The molecule has 120 valence electrons. The minimum absolute atomic E-state index is 0.196. The normalized spacial score (nSPS) is 10.7. The first-order valence-corrected chi connectivity index (χ1v) is 7.86. The Bertz CT molecular complexity index is 1160. The summed E-state index contributed by atoms with van der Waals surface area (Å²) in [5.41, 5.74) is 5.27. The molecule has 0 unspecified atom stereocenters. The van der Waals surface area contributed by atoms with Crippen molar-refractivity contribution in [3.05, 3.63) is 82.1 Å². The number of aromatic amines is 1. The van der Waals surface area contributed by atoms with Crippen LogP contribution in [0.15, 0.2) is 65.5 Å². The monoisotopic (exact) mass is 326 g/mol. The molecule has 0 amide bonds. The van der Waals surface area contributed by atoms with Crippen molar-refractivity contribution in [3.63, 3.8) is 0 Å². The molecule has 5 nitrogen and oxygen atoms in total. The van der Waals surface area contributed by atoms with Gasteiger partial charge in [0.1, 0.15) is 5.65 Å². The number of aromatic nitrogens is 3. The van der Waals surface area contributed by atoms with Crippen LogP contribution in [0.4, 0.5) is 0 Å². The highest BCUT2D eigenvalue weighted by Gasteiger charge is 2.14. The number of fused-ring (bicyclic) bond motifs is 1. The van der Waals surface area contributed by atoms with Crippen molar-refractivity contribution in [1.82, 2.24) is 14.6 Å². The number of hydrogen-bond acceptors (Lipinski definition) is 3. The molecule has 4 rings (SSSR count). The average Bonchev–Trinajstić information content (AvgIpc) is 3.00. The van der Waals surface area contributed by atoms with E-state index in [-0.39, 0.29) is 5.56 Å². The van der Waals surface area contributed by atoms with Gasteiger partial charge in [-0.15, -0.1) is 0 Å². The molecule has 0 saturated carbocycles. The zero-order chi connectivity index (χ0) is 17.4. The molecule has 0 spiro atoms. The SMILES string of the molecule is Cc1c(-c2ccccc2)nn2c(=O)cc(-c3ccc(C#N)cc3)[nH]c12. The predicted octanol–water partition coefficient (Wildman–Crippen LogP) is 3.54. The summed E-state index contributed by atoms with van der Waals surface area (Å²) in [4.78, 5) is 15.8. The maximum atomic E-state index is 12.5. The molecule has 2 heterocycles. The van der Waals surface area contributed by atoms with E-state index in [4.69, 9.17) is 5.26 Å². The van der Waals surface area contributed by atoms with E-state index < -0.39 is 0 Å². The summed E-state index contributed by atoms with van der Waals surface area (Å²) in [6.07, 6.45) is 0. The van der Waals surface area contributed by atoms with Gasteiger partial charge in [-0.25, -0.2) is 0 Å². The molecule has 0 saturated heterocycles. The molecule has 0 aliphatic rings. The standard InChI is InChI=1S/C20H14N4O/c1-13-19(16-5-3-2-4-6-16)23-24-18(25)11-17(22-20(13)24)15-9-7-14(12-21)8-10-15/h2-11,22H,1H3. The largest absolute Gasteiger partial charge is 0.339 e. The number of nitrogens with one attached hydrogen (secondary N) is 1. The molecule has 4 aromatic rings. The summed E-state index contributed by atoms with van der Waals surface area (Å²) in [7, 11) is 0. The fourth-order valence-electron chi connectivity index (χ4n) is 2.90. The number of nitriles is 1. The van der Waals surface area contributed by atoms with Gasteiger partial charge in [0.25, 0.3) is 5.56 Å². The van der Waals surface area contributed by atoms with E-state index in [2.05, 4.69) is 16.2 Å². The highest BCUT2D eigenvalue weighted by Crippen LogP contribution is 2.25. The van der Waals surface area contributed by atoms with Crippen LogP contribution in [0, 0.1) is 18.3 Å². The number of aryl methyl sites for hydroxylation is 1. The van der Waals surface area contributed by atoms with Crippen molar-refractivity contribution in [3.8, 4) is 28.6 Å². The van der Waals surface area contributed by atoms with E-state index >= 15 is 0 Å². The summed E-state index contributed by atoms with van der Waals surface area (Å²) in [6.45, 7) is 1.95. The summed E-state index contributed by atoms with van der Waals surface area (Å²) in [5, 5.41) is 13.4. The van der Waals surface area contributed by atoms with Crippen LogP contribution in [-0.4, -0.2) is 14.6 Å². The zero-order valence-electron chi connectivity index (χ0n) is 13.5. The van der Waals surface area contributed by atoms with Gasteiger partial charge < -0.3 is 4.98 Å². The lowest BCUT2D eigenvalue weighted by atomic mass is 10.1. The predicted molar refractivity (Wildman–Crippen MR) is 96.1 cm³/mol. The van der Waals surface area contributed by atoms with E-state index in [1.807, 2.05) is 49.4 Å². The third-order valence-electron chi connectivity index (χ3n) is 4.22. The number of benzene rings is 2. The lowest BCUT2D eigenvalue weighted by Crippen LogP contribution is -2.14. The second-order valence-corrected chi connectivity index (χ2v) is 5.81. The van der Waals surface area contributed by atoms with Crippen molar-refractivity contribution < 1.29 is 0 Å². The molecule has 0 fully saturated rings. The minimum Gasteiger partial charge on any atom is -0.339 e. The van der Waals surface area contributed by atoms with Gasteiger partial charge in [0, 0.05) is 17.2 Å². The lowest BCUT2D eigenvalue weighted by molar-refractivity contribution is 0.904. The maximum Gasteiger partial charge on any atom is 0.274 e. The molecule has 0 atom stereocenters. The topological polar surface area (TPSA) is 74.0 Å².